The molecule has 0 spiro atoms. The third-order valence-corrected chi connectivity index (χ3v) is 3.21. The van der Waals surface area contributed by atoms with Crippen molar-refractivity contribution in [3.05, 3.63) is 71.8 Å². The molecule has 0 saturated heterocycles. The number of carbonyl (C=O) groups excluding carboxylic acids is 1. The zero-order valence-corrected chi connectivity index (χ0v) is 12.4. The molecule has 5 nitrogen and oxygen atoms in total. The van der Waals surface area contributed by atoms with E-state index in [1.54, 1.807) is 0 Å². The third-order valence-electron chi connectivity index (χ3n) is 3.21. The Kier molecular flexibility index (Phi) is 5.27. The maximum atomic E-state index is 10.8. The minimum Gasteiger partial charge on any atom is -0.360 e. The second-order valence-corrected chi connectivity index (χ2v) is 4.98. The molecule has 0 aromatic heterocycles. The van der Waals surface area contributed by atoms with Crippen molar-refractivity contribution in [3.63, 3.8) is 0 Å². The van der Waals surface area contributed by atoms with E-state index in [0.717, 1.165) is 11.1 Å². The van der Waals surface area contributed by atoms with Gasteiger partial charge in [0, 0.05) is 0 Å². The van der Waals surface area contributed by atoms with Gasteiger partial charge in [0.1, 0.15) is 5.60 Å². The monoisotopic (exact) mass is 297 g/mol. The van der Waals surface area contributed by atoms with E-state index in [1.165, 1.54) is 6.21 Å². The van der Waals surface area contributed by atoms with Crippen LogP contribution in [0.2, 0.25) is 0 Å². The Morgan fingerprint density at radius 1 is 1.18 bits per heavy atom. The average molecular weight is 297 g/mol. The third kappa shape index (κ3) is 4.43. The number of primary amides is 1. The molecule has 0 unspecified atom stereocenters. The van der Waals surface area contributed by atoms with E-state index < -0.39 is 11.6 Å². The molecule has 2 rings (SSSR count). The molecule has 0 aliphatic heterocycles. The number of nitrogens with zero attached hydrogens (tertiary/aromatic N) is 1. The van der Waals surface area contributed by atoms with Gasteiger partial charge in [-0.3, -0.25) is 0 Å². The quantitative estimate of drug-likeness (QED) is 0.635. The predicted molar refractivity (Wildman–Crippen MR) is 86.2 cm³/mol. The van der Waals surface area contributed by atoms with E-state index >= 15 is 0 Å². The van der Waals surface area contributed by atoms with Crippen LogP contribution in [-0.2, 0) is 16.9 Å². The number of carbonyl (C=O) groups is 1. The van der Waals surface area contributed by atoms with Crippen LogP contribution in [0.25, 0.3) is 0 Å². The normalized spacial score (nSPS) is 13.7. The highest BCUT2D eigenvalue weighted by atomic mass is 16.5. The van der Waals surface area contributed by atoms with E-state index in [9.17, 15) is 4.79 Å². The second-order valence-electron chi connectivity index (χ2n) is 4.98. The van der Waals surface area contributed by atoms with Crippen LogP contribution in [-0.4, -0.2) is 12.2 Å². The van der Waals surface area contributed by atoms with Crippen LogP contribution < -0.4 is 11.2 Å². The largest absolute Gasteiger partial charge is 0.360 e. The molecule has 0 heterocycles. The molecule has 0 aliphatic rings. The lowest BCUT2D eigenvalue weighted by Crippen LogP contribution is -2.31. The van der Waals surface area contributed by atoms with E-state index in [-0.39, 0.29) is 0 Å². The molecule has 0 saturated carbocycles. The first-order valence-corrected chi connectivity index (χ1v) is 6.93. The summed E-state index contributed by atoms with van der Waals surface area (Å²) in [6, 6.07) is 18.8. The number of benzene rings is 2. The molecule has 5 heteroatoms. The number of nitrogens with one attached hydrogen (secondary N) is 1. The molecule has 2 amide bonds. The van der Waals surface area contributed by atoms with Crippen LogP contribution in [0.1, 0.15) is 18.1 Å². The van der Waals surface area contributed by atoms with Gasteiger partial charge >= 0.3 is 6.03 Å². The van der Waals surface area contributed by atoms with Crippen LogP contribution in [0, 0.1) is 0 Å². The fourth-order valence-electron chi connectivity index (χ4n) is 1.99. The number of urea groups is 1. The van der Waals surface area contributed by atoms with Crippen molar-refractivity contribution in [2.45, 2.75) is 19.1 Å². The molecule has 0 radical (unpaired) electrons. The van der Waals surface area contributed by atoms with Crippen molar-refractivity contribution >= 4 is 12.2 Å². The SMILES string of the molecule is C[C@](/C=N/NC(N)=O)(OCc1ccccc1)c1ccccc1. The van der Waals surface area contributed by atoms with Gasteiger partial charge in [-0.05, 0) is 18.1 Å². The van der Waals surface area contributed by atoms with E-state index in [0.29, 0.717) is 6.61 Å². The molecule has 2 aromatic rings. The lowest BCUT2D eigenvalue weighted by molar-refractivity contribution is 0.00866. The number of ether oxygens (including phenoxy) is 1. The number of hydrazone groups is 1. The summed E-state index contributed by atoms with van der Waals surface area (Å²) >= 11 is 0. The van der Waals surface area contributed by atoms with Crippen LogP contribution in [0.5, 0.6) is 0 Å². The number of nitrogens with two attached hydrogens (primary N) is 1. The number of hydrogen-bond acceptors (Lipinski definition) is 3. The second kappa shape index (κ2) is 7.38. The van der Waals surface area contributed by atoms with E-state index in [2.05, 4.69) is 10.5 Å². The van der Waals surface area contributed by atoms with Crippen molar-refractivity contribution in [3.8, 4) is 0 Å². The number of rotatable bonds is 6. The van der Waals surface area contributed by atoms with Crippen LogP contribution in [0.4, 0.5) is 4.79 Å². The minimum atomic E-state index is -0.778. The summed E-state index contributed by atoms with van der Waals surface area (Å²) in [5, 5.41) is 3.86. The highest BCUT2D eigenvalue weighted by Gasteiger charge is 2.25. The summed E-state index contributed by atoms with van der Waals surface area (Å²) < 4.78 is 6.04. The fraction of sp³-hybridized carbons (Fsp3) is 0.176. The summed E-state index contributed by atoms with van der Waals surface area (Å²) in [4.78, 5) is 10.8. The molecule has 0 aliphatic carbocycles. The first-order chi connectivity index (χ1) is 10.6. The zero-order valence-electron chi connectivity index (χ0n) is 12.4. The van der Waals surface area contributed by atoms with Crippen molar-refractivity contribution in [2.24, 2.45) is 10.8 Å². The Labute approximate surface area is 129 Å². The highest BCUT2D eigenvalue weighted by molar-refractivity contribution is 5.75. The van der Waals surface area contributed by atoms with Gasteiger partial charge < -0.3 is 10.5 Å². The van der Waals surface area contributed by atoms with Gasteiger partial charge in [-0.25, -0.2) is 10.2 Å². The average Bonchev–Trinajstić information content (AvgIpc) is 2.54. The van der Waals surface area contributed by atoms with Crippen molar-refractivity contribution in [1.82, 2.24) is 5.43 Å². The Balaban J connectivity index is 2.17. The molecular formula is C17H19N3O2. The Morgan fingerprint density at radius 3 is 2.36 bits per heavy atom. The van der Waals surface area contributed by atoms with Crippen molar-refractivity contribution < 1.29 is 9.53 Å². The van der Waals surface area contributed by atoms with Gasteiger partial charge in [0.05, 0.1) is 12.8 Å². The topological polar surface area (TPSA) is 76.7 Å². The minimum absolute atomic E-state index is 0.425. The molecular weight excluding hydrogens is 278 g/mol. The number of hydrogen-bond donors (Lipinski definition) is 2. The smallest absolute Gasteiger partial charge is 0.332 e. The van der Waals surface area contributed by atoms with Crippen LogP contribution in [0.15, 0.2) is 65.8 Å². The summed E-state index contributed by atoms with van der Waals surface area (Å²) in [7, 11) is 0. The summed E-state index contributed by atoms with van der Waals surface area (Å²) in [6.45, 7) is 2.31. The summed E-state index contributed by atoms with van der Waals surface area (Å²) in [5.74, 6) is 0. The summed E-state index contributed by atoms with van der Waals surface area (Å²) in [5.41, 5.74) is 8.43. The summed E-state index contributed by atoms with van der Waals surface area (Å²) in [6.07, 6.45) is 1.54. The zero-order chi connectivity index (χ0) is 15.8. The van der Waals surface area contributed by atoms with Gasteiger partial charge in [-0.15, -0.1) is 0 Å². The van der Waals surface area contributed by atoms with Crippen LogP contribution in [0.3, 0.4) is 0 Å². The lowest BCUT2D eigenvalue weighted by atomic mass is 9.97. The van der Waals surface area contributed by atoms with Gasteiger partial charge in [0.2, 0.25) is 0 Å². The molecule has 0 fully saturated rings. The fourth-order valence-corrected chi connectivity index (χ4v) is 1.99. The molecule has 0 bridgehead atoms. The Bertz CT molecular complexity index is 629. The standard InChI is InChI=1S/C17H19N3O2/c1-17(13-19-20-16(18)21,15-10-6-3-7-11-15)22-12-14-8-4-2-5-9-14/h2-11,13H,12H2,1H3,(H3,18,20,21)/b19-13+/t17-/m1/s1. The first kappa shape index (κ1) is 15.7. The van der Waals surface area contributed by atoms with E-state index in [4.69, 9.17) is 10.5 Å². The first-order valence-electron chi connectivity index (χ1n) is 6.93. The molecule has 114 valence electrons. The Hall–Kier alpha value is -2.66. The maximum Gasteiger partial charge on any atom is 0.332 e. The van der Waals surface area contributed by atoms with Gasteiger partial charge in [0.15, 0.2) is 0 Å². The van der Waals surface area contributed by atoms with E-state index in [1.807, 2.05) is 67.6 Å². The predicted octanol–water partition coefficient (Wildman–Crippen LogP) is 2.77. The molecule has 1 atom stereocenters. The molecule has 3 N–H and O–H groups in total. The van der Waals surface area contributed by atoms with Crippen molar-refractivity contribution in [1.29, 1.82) is 0 Å². The highest BCUT2D eigenvalue weighted by Crippen LogP contribution is 2.24. The van der Waals surface area contributed by atoms with Gasteiger partial charge in [-0.1, -0.05) is 60.7 Å². The molecule has 22 heavy (non-hydrogen) atoms. The number of amides is 2. The van der Waals surface area contributed by atoms with Crippen LogP contribution >= 0.6 is 0 Å². The lowest BCUT2D eigenvalue weighted by Gasteiger charge is -2.26. The molecule has 2 aromatic carbocycles. The van der Waals surface area contributed by atoms with Gasteiger partial charge in [-0.2, -0.15) is 5.10 Å². The maximum absolute atomic E-state index is 10.8. The van der Waals surface area contributed by atoms with Gasteiger partial charge in [0.25, 0.3) is 0 Å². The Morgan fingerprint density at radius 2 is 1.77 bits per heavy atom. The van der Waals surface area contributed by atoms with Crippen molar-refractivity contribution in [2.75, 3.05) is 0 Å².